The molecule has 4 nitrogen and oxygen atoms in total. The molecule has 0 spiro atoms. The zero-order valence-corrected chi connectivity index (χ0v) is 13.6. The molecule has 0 N–H and O–H groups in total. The lowest BCUT2D eigenvalue weighted by Gasteiger charge is -2.33. The summed E-state index contributed by atoms with van der Waals surface area (Å²) in [5.41, 5.74) is 0.137. The van der Waals surface area contributed by atoms with Crippen LogP contribution in [0.1, 0.15) is 52.7 Å². The lowest BCUT2D eigenvalue weighted by Crippen LogP contribution is -2.37. The lowest BCUT2D eigenvalue weighted by molar-refractivity contribution is -0.148. The summed E-state index contributed by atoms with van der Waals surface area (Å²) < 4.78 is 5.15. The fourth-order valence-corrected chi connectivity index (χ4v) is 3.60. The Labute approximate surface area is 125 Å². The van der Waals surface area contributed by atoms with Crippen LogP contribution < -0.4 is 4.90 Å². The van der Waals surface area contributed by atoms with Gasteiger partial charge in [0.25, 0.3) is 0 Å². The van der Waals surface area contributed by atoms with Crippen LogP contribution in [0.5, 0.6) is 0 Å². The van der Waals surface area contributed by atoms with Crippen molar-refractivity contribution in [1.29, 1.82) is 0 Å². The number of rotatable bonds is 4. The van der Waals surface area contributed by atoms with E-state index in [9.17, 15) is 4.79 Å². The van der Waals surface area contributed by atoms with Gasteiger partial charge in [0.1, 0.15) is 5.41 Å². The van der Waals surface area contributed by atoms with Crippen LogP contribution >= 0.6 is 11.3 Å². The average molecular weight is 296 g/mol. The minimum atomic E-state index is -0.677. The standard InChI is InChI=1S/C15H24N2O2S/c1-5-19-13(18)15(3,4)12-10-20-14(16-12)17-9-7-6-8-11(17)2/h10-11H,5-9H2,1-4H3. The van der Waals surface area contributed by atoms with Crippen LogP contribution in [0.4, 0.5) is 5.13 Å². The van der Waals surface area contributed by atoms with Gasteiger partial charge < -0.3 is 9.64 Å². The highest BCUT2D eigenvalue weighted by atomic mass is 32.1. The highest BCUT2D eigenvalue weighted by molar-refractivity contribution is 7.13. The minimum absolute atomic E-state index is 0.205. The van der Waals surface area contributed by atoms with E-state index in [-0.39, 0.29) is 5.97 Å². The molecule has 0 aromatic carbocycles. The second-order valence-electron chi connectivity index (χ2n) is 5.90. The van der Waals surface area contributed by atoms with Gasteiger partial charge in [-0.2, -0.15) is 0 Å². The number of esters is 1. The van der Waals surface area contributed by atoms with Crippen LogP contribution in [0.15, 0.2) is 5.38 Å². The molecule has 0 amide bonds. The van der Waals surface area contributed by atoms with Gasteiger partial charge in [0, 0.05) is 18.0 Å². The summed E-state index contributed by atoms with van der Waals surface area (Å²) in [6.45, 7) is 9.30. The van der Waals surface area contributed by atoms with Gasteiger partial charge in [-0.15, -0.1) is 11.3 Å². The normalized spacial score (nSPS) is 20.0. The van der Waals surface area contributed by atoms with E-state index in [1.165, 1.54) is 19.3 Å². The molecule has 2 rings (SSSR count). The first kappa shape index (κ1) is 15.3. The predicted octanol–water partition coefficient (Wildman–Crippen LogP) is 3.36. The summed E-state index contributed by atoms with van der Waals surface area (Å²) >= 11 is 1.63. The molecule has 0 bridgehead atoms. The van der Waals surface area contributed by atoms with Gasteiger partial charge in [-0.05, 0) is 47.0 Å². The average Bonchev–Trinajstić information content (AvgIpc) is 2.89. The van der Waals surface area contributed by atoms with Gasteiger partial charge in [-0.3, -0.25) is 4.79 Å². The zero-order chi connectivity index (χ0) is 14.8. The summed E-state index contributed by atoms with van der Waals surface area (Å²) in [4.78, 5) is 19.1. The van der Waals surface area contributed by atoms with Crippen LogP contribution in [-0.2, 0) is 14.9 Å². The molecular weight excluding hydrogens is 272 g/mol. The number of hydrogen-bond acceptors (Lipinski definition) is 5. The van der Waals surface area contributed by atoms with E-state index in [0.29, 0.717) is 12.6 Å². The third-order valence-electron chi connectivity index (χ3n) is 3.97. The number of ether oxygens (including phenoxy) is 1. The molecule has 1 aliphatic heterocycles. The van der Waals surface area contributed by atoms with Gasteiger partial charge in [0.2, 0.25) is 0 Å². The van der Waals surface area contributed by atoms with Crippen molar-refractivity contribution in [2.45, 2.75) is 58.4 Å². The Morgan fingerprint density at radius 2 is 2.30 bits per heavy atom. The number of piperidine rings is 1. The molecule has 1 fully saturated rings. The Balaban J connectivity index is 2.17. The quantitative estimate of drug-likeness (QED) is 0.799. The third kappa shape index (κ3) is 2.97. The van der Waals surface area contributed by atoms with Crippen molar-refractivity contribution < 1.29 is 9.53 Å². The van der Waals surface area contributed by atoms with Gasteiger partial charge >= 0.3 is 5.97 Å². The number of nitrogens with zero attached hydrogens (tertiary/aromatic N) is 2. The number of hydrogen-bond donors (Lipinski definition) is 0. The van der Waals surface area contributed by atoms with Gasteiger partial charge in [0.15, 0.2) is 5.13 Å². The molecule has 1 atom stereocenters. The fourth-order valence-electron chi connectivity index (χ4n) is 2.48. The second kappa shape index (κ2) is 6.12. The van der Waals surface area contributed by atoms with Crippen molar-refractivity contribution in [3.8, 4) is 0 Å². The first-order valence-electron chi connectivity index (χ1n) is 7.36. The summed E-state index contributed by atoms with van der Waals surface area (Å²) in [5.74, 6) is -0.205. The molecule has 0 saturated carbocycles. The van der Waals surface area contributed by atoms with Crippen molar-refractivity contribution in [3.05, 3.63) is 11.1 Å². The van der Waals surface area contributed by atoms with E-state index in [1.807, 2.05) is 26.2 Å². The molecule has 0 aliphatic carbocycles. The topological polar surface area (TPSA) is 42.4 Å². The zero-order valence-electron chi connectivity index (χ0n) is 12.8. The Kier molecular flexibility index (Phi) is 4.68. The maximum absolute atomic E-state index is 12.0. The largest absolute Gasteiger partial charge is 0.465 e. The summed E-state index contributed by atoms with van der Waals surface area (Å²) in [7, 11) is 0. The molecule has 20 heavy (non-hydrogen) atoms. The van der Waals surface area contributed by atoms with E-state index in [0.717, 1.165) is 17.4 Å². The maximum atomic E-state index is 12.0. The van der Waals surface area contributed by atoms with E-state index in [1.54, 1.807) is 11.3 Å². The lowest BCUT2D eigenvalue weighted by atomic mass is 9.90. The summed E-state index contributed by atoms with van der Waals surface area (Å²) in [6.07, 6.45) is 3.74. The van der Waals surface area contributed by atoms with E-state index >= 15 is 0 Å². The van der Waals surface area contributed by atoms with Crippen LogP contribution in [0.2, 0.25) is 0 Å². The first-order chi connectivity index (χ1) is 9.46. The van der Waals surface area contributed by atoms with Crippen LogP contribution in [0.25, 0.3) is 0 Å². The van der Waals surface area contributed by atoms with Crippen molar-refractivity contribution in [3.63, 3.8) is 0 Å². The Bertz CT molecular complexity index is 470. The Morgan fingerprint density at radius 3 is 2.95 bits per heavy atom. The molecule has 0 radical (unpaired) electrons. The SMILES string of the molecule is CCOC(=O)C(C)(C)c1csc(N2CCCCC2C)n1. The monoisotopic (exact) mass is 296 g/mol. The predicted molar refractivity (Wildman–Crippen MR) is 82.4 cm³/mol. The number of anilines is 1. The van der Waals surface area contributed by atoms with E-state index in [4.69, 9.17) is 9.72 Å². The van der Waals surface area contributed by atoms with Crippen LogP contribution in [0, 0.1) is 0 Å². The smallest absolute Gasteiger partial charge is 0.317 e. The molecular formula is C15H24N2O2S. The number of carbonyl (C=O) groups excluding carboxylic acids is 1. The second-order valence-corrected chi connectivity index (χ2v) is 6.74. The highest BCUT2D eigenvalue weighted by Crippen LogP contribution is 2.32. The number of thiazole rings is 1. The minimum Gasteiger partial charge on any atom is -0.465 e. The Hall–Kier alpha value is -1.10. The Morgan fingerprint density at radius 1 is 1.55 bits per heavy atom. The molecule has 2 heterocycles. The molecule has 1 unspecified atom stereocenters. The molecule has 1 aromatic rings. The molecule has 1 aromatic heterocycles. The van der Waals surface area contributed by atoms with Crippen molar-refractivity contribution in [2.24, 2.45) is 0 Å². The van der Waals surface area contributed by atoms with Gasteiger partial charge in [0.05, 0.1) is 12.3 Å². The molecule has 112 valence electrons. The first-order valence-corrected chi connectivity index (χ1v) is 8.24. The third-order valence-corrected chi connectivity index (χ3v) is 4.84. The number of aromatic nitrogens is 1. The van der Waals surface area contributed by atoms with Gasteiger partial charge in [-0.1, -0.05) is 0 Å². The van der Waals surface area contributed by atoms with Crippen molar-refractivity contribution in [1.82, 2.24) is 4.98 Å². The van der Waals surface area contributed by atoms with Crippen molar-refractivity contribution >= 4 is 22.4 Å². The molecule has 5 heteroatoms. The van der Waals surface area contributed by atoms with Crippen LogP contribution in [-0.4, -0.2) is 30.1 Å². The highest BCUT2D eigenvalue weighted by Gasteiger charge is 2.34. The molecule has 1 saturated heterocycles. The number of carbonyl (C=O) groups is 1. The van der Waals surface area contributed by atoms with Gasteiger partial charge in [-0.25, -0.2) is 4.98 Å². The summed E-state index contributed by atoms with van der Waals surface area (Å²) in [6, 6.07) is 0.536. The molecule has 1 aliphatic rings. The van der Waals surface area contributed by atoms with E-state index in [2.05, 4.69) is 11.8 Å². The van der Waals surface area contributed by atoms with E-state index < -0.39 is 5.41 Å². The fraction of sp³-hybridized carbons (Fsp3) is 0.733. The maximum Gasteiger partial charge on any atom is 0.317 e. The van der Waals surface area contributed by atoms with Crippen molar-refractivity contribution in [2.75, 3.05) is 18.1 Å². The summed E-state index contributed by atoms with van der Waals surface area (Å²) in [5, 5.41) is 3.03. The van der Waals surface area contributed by atoms with Crippen LogP contribution in [0.3, 0.4) is 0 Å².